The highest BCUT2D eigenvalue weighted by Crippen LogP contribution is 2.33. The molecule has 0 radical (unpaired) electrons. The molecule has 5 heteroatoms. The summed E-state index contributed by atoms with van der Waals surface area (Å²) in [5.74, 6) is 0. The van der Waals surface area contributed by atoms with Crippen molar-refractivity contribution in [2.24, 2.45) is 0 Å². The molecule has 1 aliphatic heterocycles. The molecule has 0 spiro atoms. The molecular formula is C12H10N4O. The number of H-pyrrole nitrogens is 1. The van der Waals surface area contributed by atoms with Crippen LogP contribution in [0.1, 0.15) is 11.1 Å². The van der Waals surface area contributed by atoms with E-state index in [0.717, 1.165) is 22.2 Å². The average molecular weight is 226 g/mol. The van der Waals surface area contributed by atoms with Crippen molar-refractivity contribution in [2.45, 2.75) is 6.92 Å². The maximum atomic E-state index is 9.18. The molecule has 5 nitrogen and oxygen atoms in total. The van der Waals surface area contributed by atoms with Crippen molar-refractivity contribution < 1.29 is 4.84 Å². The molecule has 2 N–H and O–H groups in total. The average Bonchev–Trinajstić information content (AvgIpc) is 2.98. The van der Waals surface area contributed by atoms with Crippen LogP contribution in [0, 0.1) is 18.3 Å². The van der Waals surface area contributed by atoms with Crippen LogP contribution in [0.15, 0.2) is 30.8 Å². The monoisotopic (exact) mass is 226 g/mol. The number of hydrogen-bond donors (Lipinski definition) is 2. The Morgan fingerprint density at radius 2 is 2.29 bits per heavy atom. The van der Waals surface area contributed by atoms with Gasteiger partial charge in [-0.3, -0.25) is 5.43 Å². The van der Waals surface area contributed by atoms with Crippen LogP contribution >= 0.6 is 0 Å². The Morgan fingerprint density at radius 1 is 1.41 bits per heavy atom. The van der Waals surface area contributed by atoms with Gasteiger partial charge in [-0.15, -0.1) is 5.17 Å². The first-order valence-electron chi connectivity index (χ1n) is 5.20. The number of benzene rings is 1. The molecule has 1 aliphatic rings. The van der Waals surface area contributed by atoms with Gasteiger partial charge in [-0.05, 0) is 24.6 Å². The van der Waals surface area contributed by atoms with Gasteiger partial charge in [0, 0.05) is 17.1 Å². The van der Waals surface area contributed by atoms with Gasteiger partial charge in [-0.1, -0.05) is 0 Å². The summed E-state index contributed by atoms with van der Waals surface area (Å²) in [6, 6.07) is 5.85. The van der Waals surface area contributed by atoms with Crippen molar-refractivity contribution in [3.05, 3.63) is 41.9 Å². The molecule has 0 amide bonds. The van der Waals surface area contributed by atoms with Crippen LogP contribution in [-0.2, 0) is 4.84 Å². The number of rotatable bonds is 1. The lowest BCUT2D eigenvalue weighted by molar-refractivity contribution is 0.222. The van der Waals surface area contributed by atoms with Crippen LogP contribution in [0.5, 0.6) is 0 Å². The molecule has 0 aliphatic carbocycles. The lowest BCUT2D eigenvalue weighted by atomic mass is 10.1. The highest BCUT2D eigenvalue weighted by atomic mass is 16.7. The molecule has 3 rings (SSSR count). The van der Waals surface area contributed by atoms with Gasteiger partial charge in [0.2, 0.25) is 0 Å². The van der Waals surface area contributed by atoms with Crippen LogP contribution < -0.4 is 10.6 Å². The number of anilines is 1. The molecule has 0 saturated heterocycles. The van der Waals surface area contributed by atoms with Gasteiger partial charge in [0.15, 0.2) is 0 Å². The van der Waals surface area contributed by atoms with Gasteiger partial charge in [0.05, 0.1) is 11.8 Å². The molecule has 17 heavy (non-hydrogen) atoms. The third-order valence-corrected chi connectivity index (χ3v) is 2.77. The fourth-order valence-electron chi connectivity index (χ4n) is 2.01. The normalized spacial score (nSPS) is 13.5. The number of hydrogen-bond acceptors (Lipinski definition) is 4. The number of nitrogens with one attached hydrogen (secondary N) is 2. The Labute approximate surface area is 97.8 Å². The second-order valence-corrected chi connectivity index (χ2v) is 3.80. The minimum absolute atomic E-state index is 0.566. The fraction of sp³-hybridized carbons (Fsp3) is 0.0833. The third-order valence-electron chi connectivity index (χ3n) is 2.77. The predicted octanol–water partition coefficient (Wildman–Crippen LogP) is 2.08. The minimum atomic E-state index is 0.566. The van der Waals surface area contributed by atoms with E-state index in [1.165, 1.54) is 11.4 Å². The summed E-state index contributed by atoms with van der Waals surface area (Å²) in [6.07, 6.45) is 5.11. The molecule has 2 aromatic rings. The van der Waals surface area contributed by atoms with E-state index in [0.29, 0.717) is 5.56 Å². The Bertz CT molecular complexity index is 642. The number of aryl methyl sites for hydroxylation is 1. The maximum Gasteiger partial charge on any atom is 0.139 e. The molecule has 84 valence electrons. The Kier molecular flexibility index (Phi) is 1.95. The van der Waals surface area contributed by atoms with Gasteiger partial charge in [-0.2, -0.15) is 5.26 Å². The van der Waals surface area contributed by atoms with Crippen molar-refractivity contribution in [3.8, 4) is 6.07 Å². The molecule has 0 fully saturated rings. The van der Waals surface area contributed by atoms with E-state index in [2.05, 4.69) is 16.5 Å². The Balaban J connectivity index is 2.31. The fourth-order valence-corrected chi connectivity index (χ4v) is 2.01. The summed E-state index contributed by atoms with van der Waals surface area (Å²) in [6.45, 7) is 1.99. The SMILES string of the molecule is Cc1c[nH]c2ccc(C#N)c(N3NC=CO3)c12. The van der Waals surface area contributed by atoms with Crippen molar-refractivity contribution in [3.63, 3.8) is 0 Å². The van der Waals surface area contributed by atoms with E-state index < -0.39 is 0 Å². The maximum absolute atomic E-state index is 9.18. The summed E-state index contributed by atoms with van der Waals surface area (Å²) >= 11 is 0. The van der Waals surface area contributed by atoms with Crippen molar-refractivity contribution in [2.75, 3.05) is 5.17 Å². The van der Waals surface area contributed by atoms with E-state index in [1.54, 1.807) is 12.3 Å². The zero-order valence-electron chi connectivity index (χ0n) is 9.19. The predicted molar refractivity (Wildman–Crippen MR) is 63.6 cm³/mol. The molecule has 0 atom stereocenters. The largest absolute Gasteiger partial charge is 0.366 e. The Hall–Kier alpha value is -2.61. The van der Waals surface area contributed by atoms with Crippen LogP contribution in [0.4, 0.5) is 5.69 Å². The standard InChI is InChI=1S/C12H10N4O/c1-8-7-14-10-3-2-9(6-13)12(11(8)10)16-15-4-5-17-16/h2-5,7,14-15H,1H3. The first kappa shape index (κ1) is 9.60. The van der Waals surface area contributed by atoms with Gasteiger partial charge >= 0.3 is 0 Å². The number of aromatic amines is 1. The first-order chi connectivity index (χ1) is 8.31. The summed E-state index contributed by atoms with van der Waals surface area (Å²) in [5.41, 5.74) is 6.27. The summed E-state index contributed by atoms with van der Waals surface area (Å²) < 4.78 is 0. The lowest BCUT2D eigenvalue weighted by Crippen LogP contribution is -2.28. The molecule has 0 saturated carbocycles. The highest BCUT2D eigenvalue weighted by molar-refractivity contribution is 5.97. The van der Waals surface area contributed by atoms with E-state index in [9.17, 15) is 5.26 Å². The van der Waals surface area contributed by atoms with Crippen LogP contribution in [-0.4, -0.2) is 4.98 Å². The lowest BCUT2D eigenvalue weighted by Gasteiger charge is -2.19. The van der Waals surface area contributed by atoms with E-state index in [1.807, 2.05) is 19.2 Å². The third kappa shape index (κ3) is 1.31. The number of nitriles is 1. The number of fused-ring (bicyclic) bond motifs is 1. The summed E-state index contributed by atoms with van der Waals surface area (Å²) in [7, 11) is 0. The molecule has 0 unspecified atom stereocenters. The Morgan fingerprint density at radius 3 is 3.00 bits per heavy atom. The number of aromatic nitrogens is 1. The van der Waals surface area contributed by atoms with Crippen molar-refractivity contribution in [1.29, 1.82) is 5.26 Å². The first-order valence-corrected chi connectivity index (χ1v) is 5.20. The van der Waals surface area contributed by atoms with Crippen LogP contribution in [0.2, 0.25) is 0 Å². The number of hydrazine groups is 1. The van der Waals surface area contributed by atoms with Gasteiger partial charge in [-0.25, -0.2) is 0 Å². The molecule has 1 aromatic carbocycles. The van der Waals surface area contributed by atoms with Gasteiger partial charge < -0.3 is 9.82 Å². The quantitative estimate of drug-likeness (QED) is 0.781. The topological polar surface area (TPSA) is 64.1 Å². The molecule has 0 bridgehead atoms. The van der Waals surface area contributed by atoms with E-state index in [-0.39, 0.29) is 0 Å². The van der Waals surface area contributed by atoms with Crippen molar-refractivity contribution in [1.82, 2.24) is 10.4 Å². The van der Waals surface area contributed by atoms with Crippen LogP contribution in [0.25, 0.3) is 10.9 Å². The van der Waals surface area contributed by atoms with E-state index in [4.69, 9.17) is 4.84 Å². The smallest absolute Gasteiger partial charge is 0.139 e. The minimum Gasteiger partial charge on any atom is -0.366 e. The van der Waals surface area contributed by atoms with Crippen molar-refractivity contribution >= 4 is 16.6 Å². The van der Waals surface area contributed by atoms with Gasteiger partial charge in [0.1, 0.15) is 18.0 Å². The summed E-state index contributed by atoms with van der Waals surface area (Å²) in [5, 5.41) is 11.7. The van der Waals surface area contributed by atoms with E-state index >= 15 is 0 Å². The highest BCUT2D eigenvalue weighted by Gasteiger charge is 2.19. The summed E-state index contributed by atoms with van der Waals surface area (Å²) in [4.78, 5) is 8.45. The second-order valence-electron chi connectivity index (χ2n) is 3.80. The zero-order chi connectivity index (χ0) is 11.8. The van der Waals surface area contributed by atoms with Gasteiger partial charge in [0.25, 0.3) is 0 Å². The number of nitrogens with zero attached hydrogens (tertiary/aromatic N) is 2. The molecule has 2 heterocycles. The molecule has 1 aromatic heterocycles. The molecular weight excluding hydrogens is 216 g/mol. The van der Waals surface area contributed by atoms with Crippen LogP contribution in [0.3, 0.4) is 0 Å². The zero-order valence-corrected chi connectivity index (χ0v) is 9.19. The second kappa shape index (κ2) is 3.46.